The van der Waals surface area contributed by atoms with E-state index in [2.05, 4.69) is 10.3 Å². The van der Waals surface area contributed by atoms with Crippen LogP contribution in [0.2, 0.25) is 0 Å². The molecule has 0 aliphatic rings. The normalized spacial score (nSPS) is 12.1. The fourth-order valence-electron chi connectivity index (χ4n) is 5.45. The second-order valence-electron chi connectivity index (χ2n) is 10.2. The molecule has 210 valence electrons. The first-order valence-electron chi connectivity index (χ1n) is 13.5. The molecule has 6 nitrogen and oxygen atoms in total. The molecule has 2 aromatic heterocycles. The van der Waals surface area contributed by atoms with E-state index in [1.54, 1.807) is 24.3 Å². The third kappa shape index (κ3) is 4.81. The van der Waals surface area contributed by atoms with Gasteiger partial charge in [0.2, 0.25) is 0 Å². The predicted molar refractivity (Wildman–Crippen MR) is 157 cm³/mol. The van der Waals surface area contributed by atoms with Gasteiger partial charge in [-0.15, -0.1) is 0 Å². The number of halogens is 2. The van der Waals surface area contributed by atoms with Crippen molar-refractivity contribution in [1.29, 1.82) is 0 Å². The van der Waals surface area contributed by atoms with Gasteiger partial charge >= 0.3 is 5.63 Å². The minimum atomic E-state index is -1.21. The van der Waals surface area contributed by atoms with Gasteiger partial charge in [0.15, 0.2) is 11.6 Å². The molecule has 0 spiro atoms. The number of hydrogen-bond donors (Lipinski definition) is 3. The molecule has 1 amide bonds. The van der Waals surface area contributed by atoms with Crippen LogP contribution in [0.1, 0.15) is 44.2 Å². The molecule has 6 rings (SSSR count). The Balaban J connectivity index is 1.47. The molecule has 42 heavy (non-hydrogen) atoms. The van der Waals surface area contributed by atoms with Crippen LogP contribution in [0.15, 0.2) is 100 Å². The molecule has 0 aliphatic heterocycles. The number of para-hydroxylation sites is 2. The third-order valence-corrected chi connectivity index (χ3v) is 7.51. The van der Waals surface area contributed by atoms with Crippen molar-refractivity contribution in [2.24, 2.45) is 0 Å². The van der Waals surface area contributed by atoms with E-state index in [0.29, 0.717) is 17.5 Å². The number of nitrogens with one attached hydrogen (secondary N) is 2. The van der Waals surface area contributed by atoms with Crippen molar-refractivity contribution in [3.05, 3.63) is 147 Å². The number of hydrogen-bond acceptors (Lipinski definition) is 4. The number of benzene rings is 4. The van der Waals surface area contributed by atoms with Gasteiger partial charge in [0.1, 0.15) is 11.3 Å². The highest BCUT2D eigenvalue weighted by atomic mass is 19.2. The summed E-state index contributed by atoms with van der Waals surface area (Å²) in [5, 5.41) is 15.4. The molecular formula is C34H26F2N2O4. The molecule has 4 aromatic carbocycles. The van der Waals surface area contributed by atoms with Gasteiger partial charge in [0.25, 0.3) is 5.91 Å². The smallest absolute Gasteiger partial charge is 0.344 e. The van der Waals surface area contributed by atoms with Crippen molar-refractivity contribution in [2.45, 2.75) is 19.3 Å². The maximum absolute atomic E-state index is 14.2. The number of aromatic amines is 1. The summed E-state index contributed by atoms with van der Waals surface area (Å²) in [7, 11) is 0. The highest BCUT2D eigenvalue weighted by Crippen LogP contribution is 2.41. The molecular weight excluding hydrogens is 538 g/mol. The van der Waals surface area contributed by atoms with E-state index in [1.807, 2.05) is 55.5 Å². The highest BCUT2D eigenvalue weighted by molar-refractivity contribution is 5.94. The van der Waals surface area contributed by atoms with E-state index in [1.165, 1.54) is 12.1 Å². The van der Waals surface area contributed by atoms with Crippen molar-refractivity contribution < 1.29 is 23.1 Å². The van der Waals surface area contributed by atoms with E-state index in [4.69, 9.17) is 4.42 Å². The molecule has 1 atom stereocenters. The topological polar surface area (TPSA) is 95.3 Å². The Morgan fingerprint density at radius 3 is 2.43 bits per heavy atom. The summed E-state index contributed by atoms with van der Waals surface area (Å²) in [6.45, 7) is 2.06. The van der Waals surface area contributed by atoms with Crippen molar-refractivity contribution in [3.8, 4) is 5.75 Å². The van der Waals surface area contributed by atoms with E-state index in [0.717, 1.165) is 33.7 Å². The molecule has 2 heterocycles. The average molecular weight is 565 g/mol. The summed E-state index contributed by atoms with van der Waals surface area (Å²) < 4.78 is 33.6. The van der Waals surface area contributed by atoms with Gasteiger partial charge < -0.3 is 19.8 Å². The van der Waals surface area contributed by atoms with Crippen molar-refractivity contribution >= 4 is 27.8 Å². The SMILES string of the molecule is Cc1ccc(C(c2[nH]c3ccccc3c2CCNC(=O)c2cccc(F)c2F)c2c(O)c3ccccc3oc2=O)cc1. The van der Waals surface area contributed by atoms with Gasteiger partial charge in [-0.1, -0.05) is 66.2 Å². The average Bonchev–Trinajstić information content (AvgIpc) is 3.35. The standard InChI is InChI=1S/C34H26F2N2O4/c1-19-13-15-20(16-14-19)28(29-32(39)23-8-3-5-12-27(23)42-34(29)41)31-22(21-7-2-4-11-26(21)38-31)17-18-37-33(40)24-9-6-10-25(35)30(24)36/h2-16,28,38-39H,17-18H2,1H3,(H,37,40). The molecule has 1 unspecified atom stereocenters. The molecule has 0 aliphatic carbocycles. The van der Waals surface area contributed by atoms with Crippen molar-refractivity contribution in [3.63, 3.8) is 0 Å². The summed E-state index contributed by atoms with van der Waals surface area (Å²) in [5.41, 5.74) is 3.31. The predicted octanol–water partition coefficient (Wildman–Crippen LogP) is 6.72. The van der Waals surface area contributed by atoms with Gasteiger partial charge in [-0.3, -0.25) is 4.79 Å². The first-order valence-corrected chi connectivity index (χ1v) is 13.5. The first kappa shape index (κ1) is 27.0. The van der Waals surface area contributed by atoms with Crippen LogP contribution in [0.5, 0.6) is 5.75 Å². The van der Waals surface area contributed by atoms with Gasteiger partial charge in [-0.05, 0) is 54.8 Å². The zero-order chi connectivity index (χ0) is 29.4. The molecule has 0 bridgehead atoms. The molecule has 6 aromatic rings. The van der Waals surface area contributed by atoms with E-state index in [-0.39, 0.29) is 29.0 Å². The van der Waals surface area contributed by atoms with Gasteiger partial charge in [0.05, 0.1) is 22.4 Å². The van der Waals surface area contributed by atoms with Crippen LogP contribution < -0.4 is 10.9 Å². The largest absolute Gasteiger partial charge is 0.507 e. The van der Waals surface area contributed by atoms with Crippen LogP contribution in [-0.2, 0) is 6.42 Å². The van der Waals surface area contributed by atoms with Crippen molar-refractivity contribution in [1.82, 2.24) is 10.3 Å². The fourth-order valence-corrected chi connectivity index (χ4v) is 5.45. The molecule has 0 saturated carbocycles. The molecule has 8 heteroatoms. The number of fused-ring (bicyclic) bond motifs is 2. The first-order chi connectivity index (χ1) is 20.3. The number of amides is 1. The number of aryl methyl sites for hydroxylation is 1. The second kappa shape index (κ2) is 11.0. The summed E-state index contributed by atoms with van der Waals surface area (Å²) in [5.74, 6) is -3.97. The maximum atomic E-state index is 14.2. The minimum absolute atomic E-state index is 0.0798. The minimum Gasteiger partial charge on any atom is -0.507 e. The maximum Gasteiger partial charge on any atom is 0.344 e. The van der Waals surface area contributed by atoms with E-state index < -0.39 is 29.1 Å². The summed E-state index contributed by atoms with van der Waals surface area (Å²) in [6.07, 6.45) is 0.296. The Hall–Kier alpha value is -5.24. The van der Waals surface area contributed by atoms with E-state index in [9.17, 15) is 23.5 Å². The highest BCUT2D eigenvalue weighted by Gasteiger charge is 2.30. The van der Waals surface area contributed by atoms with Gasteiger partial charge in [-0.2, -0.15) is 0 Å². The number of aromatic nitrogens is 1. The fraction of sp³-hybridized carbons (Fsp3) is 0.118. The van der Waals surface area contributed by atoms with Crippen LogP contribution in [0.3, 0.4) is 0 Å². The van der Waals surface area contributed by atoms with Gasteiger partial charge in [0, 0.05) is 23.1 Å². The lowest BCUT2D eigenvalue weighted by molar-refractivity contribution is 0.0949. The monoisotopic (exact) mass is 564 g/mol. The lowest BCUT2D eigenvalue weighted by atomic mass is 9.85. The second-order valence-corrected chi connectivity index (χ2v) is 10.2. The molecule has 0 fully saturated rings. The third-order valence-electron chi connectivity index (χ3n) is 7.51. The van der Waals surface area contributed by atoms with Crippen LogP contribution in [0, 0.1) is 18.6 Å². The van der Waals surface area contributed by atoms with Crippen LogP contribution in [0.4, 0.5) is 8.78 Å². The van der Waals surface area contributed by atoms with E-state index >= 15 is 0 Å². The van der Waals surface area contributed by atoms with Crippen molar-refractivity contribution in [2.75, 3.05) is 6.54 Å². The molecule has 0 saturated heterocycles. The van der Waals surface area contributed by atoms with Crippen LogP contribution >= 0.6 is 0 Å². The van der Waals surface area contributed by atoms with Crippen LogP contribution in [-0.4, -0.2) is 22.5 Å². The summed E-state index contributed by atoms with van der Waals surface area (Å²) in [6, 6.07) is 25.5. The molecule has 0 radical (unpaired) electrons. The molecule has 3 N–H and O–H groups in total. The number of H-pyrrole nitrogens is 1. The Labute approximate surface area is 239 Å². The number of aromatic hydroxyl groups is 1. The zero-order valence-electron chi connectivity index (χ0n) is 22.6. The summed E-state index contributed by atoms with van der Waals surface area (Å²) in [4.78, 5) is 29.6. The zero-order valence-corrected chi connectivity index (χ0v) is 22.6. The lowest BCUT2D eigenvalue weighted by Gasteiger charge is -2.20. The van der Waals surface area contributed by atoms with Crippen LogP contribution in [0.25, 0.3) is 21.9 Å². The number of carbonyl (C=O) groups excluding carboxylic acids is 1. The number of carbonyl (C=O) groups is 1. The Kier molecular flexibility index (Phi) is 7.04. The Morgan fingerprint density at radius 1 is 0.929 bits per heavy atom. The summed E-state index contributed by atoms with van der Waals surface area (Å²) >= 11 is 0. The lowest BCUT2D eigenvalue weighted by Crippen LogP contribution is -2.27. The quantitative estimate of drug-likeness (QED) is 0.188. The number of rotatable bonds is 7. The van der Waals surface area contributed by atoms with Gasteiger partial charge in [-0.25, -0.2) is 13.6 Å². The Bertz CT molecular complexity index is 2010. The Morgan fingerprint density at radius 2 is 1.64 bits per heavy atom.